The predicted molar refractivity (Wildman–Crippen MR) is 134 cm³/mol. The van der Waals surface area contributed by atoms with E-state index in [2.05, 4.69) is 42.1 Å². The average molecular weight is 534 g/mol. The van der Waals surface area contributed by atoms with Crippen molar-refractivity contribution in [3.8, 4) is 11.5 Å². The Hall–Kier alpha value is -1.26. The second kappa shape index (κ2) is 14.7. The van der Waals surface area contributed by atoms with Crippen LogP contribution in [0.2, 0.25) is 0 Å². The van der Waals surface area contributed by atoms with E-state index >= 15 is 0 Å². The number of methoxy groups -OCH3 is 2. The molecule has 0 aromatic heterocycles. The number of hydrogen-bond donors (Lipinski definition) is 1. The summed E-state index contributed by atoms with van der Waals surface area (Å²) in [5, 5.41) is 3.42. The monoisotopic (exact) mass is 534 g/mol. The van der Waals surface area contributed by atoms with Gasteiger partial charge in [-0.1, -0.05) is 13.0 Å². The number of nitrogens with zero attached hydrogens (tertiary/aromatic N) is 3. The number of rotatable bonds is 10. The van der Waals surface area contributed by atoms with Crippen molar-refractivity contribution in [3.63, 3.8) is 0 Å². The molecule has 0 bridgehead atoms. The van der Waals surface area contributed by atoms with Gasteiger partial charge in [-0.05, 0) is 37.0 Å². The maximum Gasteiger partial charge on any atom is 0.193 e. The largest absolute Gasteiger partial charge is 0.493 e. The number of morpholine rings is 1. The third kappa shape index (κ3) is 8.85. The Morgan fingerprint density at radius 3 is 2.57 bits per heavy atom. The van der Waals surface area contributed by atoms with Crippen LogP contribution in [0.3, 0.4) is 0 Å². The molecule has 2 rings (SSSR count). The molecule has 1 fully saturated rings. The first kappa shape index (κ1) is 26.8. The van der Waals surface area contributed by atoms with E-state index in [9.17, 15) is 0 Å². The highest BCUT2D eigenvalue weighted by Crippen LogP contribution is 2.27. The van der Waals surface area contributed by atoms with Crippen molar-refractivity contribution in [2.45, 2.75) is 20.3 Å². The lowest BCUT2D eigenvalue weighted by Crippen LogP contribution is -2.41. The van der Waals surface area contributed by atoms with E-state index < -0.39 is 0 Å². The zero-order chi connectivity index (χ0) is 21.1. The van der Waals surface area contributed by atoms with Crippen LogP contribution >= 0.6 is 24.0 Å². The quantitative estimate of drug-likeness (QED) is 0.283. The number of ether oxygens (including phenoxy) is 3. The first-order valence-corrected chi connectivity index (χ1v) is 10.6. The molecule has 1 N–H and O–H groups in total. The molecular weight excluding hydrogens is 495 g/mol. The van der Waals surface area contributed by atoms with E-state index in [1.165, 1.54) is 5.56 Å². The average Bonchev–Trinajstić information content (AvgIpc) is 2.75. The van der Waals surface area contributed by atoms with E-state index in [1.54, 1.807) is 14.2 Å². The Bertz CT molecular complexity index is 639. The summed E-state index contributed by atoms with van der Waals surface area (Å²) >= 11 is 0. The molecular formula is C22H39IN4O3. The Kier molecular flexibility index (Phi) is 13.1. The Morgan fingerprint density at radius 1 is 1.23 bits per heavy atom. The second-order valence-corrected chi connectivity index (χ2v) is 7.57. The van der Waals surface area contributed by atoms with E-state index in [4.69, 9.17) is 19.2 Å². The van der Waals surface area contributed by atoms with Gasteiger partial charge < -0.3 is 24.4 Å². The van der Waals surface area contributed by atoms with Gasteiger partial charge in [-0.3, -0.25) is 9.89 Å². The van der Waals surface area contributed by atoms with Crippen LogP contribution in [0, 0.1) is 5.92 Å². The number of benzene rings is 1. The summed E-state index contributed by atoms with van der Waals surface area (Å²) in [5.74, 6) is 3.00. The van der Waals surface area contributed by atoms with Crippen molar-refractivity contribution >= 4 is 29.9 Å². The Balaban J connectivity index is 0.00000450. The summed E-state index contributed by atoms with van der Waals surface area (Å²) in [6.45, 7) is 11.7. The molecule has 172 valence electrons. The van der Waals surface area contributed by atoms with Crippen molar-refractivity contribution in [2.24, 2.45) is 10.9 Å². The molecule has 30 heavy (non-hydrogen) atoms. The molecule has 0 radical (unpaired) electrons. The molecule has 1 saturated heterocycles. The summed E-state index contributed by atoms with van der Waals surface area (Å²) in [6, 6.07) is 6.09. The van der Waals surface area contributed by atoms with Gasteiger partial charge in [0.05, 0.1) is 27.4 Å². The number of likely N-dealkylation sites (N-methyl/N-ethyl adjacent to an activating group) is 1. The summed E-state index contributed by atoms with van der Waals surface area (Å²) in [6.07, 6.45) is 0.907. The standard InChI is InChI=1S/C22H38N4O3.HI/c1-6-23-22(24-16-18(2)17-26-11-13-29-14-12-26)25(3)10-9-19-7-8-20(27-4)21(15-19)28-5;/h7-8,15,18H,6,9-14,16-17H2,1-5H3,(H,23,24);1H. The van der Waals surface area contributed by atoms with Crippen LogP contribution in [-0.4, -0.2) is 89.5 Å². The van der Waals surface area contributed by atoms with Crippen LogP contribution in [0.5, 0.6) is 11.5 Å². The van der Waals surface area contributed by atoms with Crippen molar-refractivity contribution in [1.29, 1.82) is 0 Å². The van der Waals surface area contributed by atoms with Gasteiger partial charge in [0.1, 0.15) is 0 Å². The van der Waals surface area contributed by atoms with Crippen LogP contribution in [0.15, 0.2) is 23.2 Å². The molecule has 0 amide bonds. The van der Waals surface area contributed by atoms with Crippen molar-refractivity contribution in [3.05, 3.63) is 23.8 Å². The lowest BCUT2D eigenvalue weighted by molar-refractivity contribution is 0.0323. The first-order valence-electron chi connectivity index (χ1n) is 10.6. The van der Waals surface area contributed by atoms with Gasteiger partial charge in [0.25, 0.3) is 0 Å². The normalized spacial score (nSPS) is 15.8. The number of aliphatic imine (C=N–C) groups is 1. The third-order valence-corrected chi connectivity index (χ3v) is 5.11. The minimum Gasteiger partial charge on any atom is -0.493 e. The van der Waals surface area contributed by atoms with Gasteiger partial charge >= 0.3 is 0 Å². The fourth-order valence-electron chi connectivity index (χ4n) is 3.43. The SMILES string of the molecule is CCNC(=NCC(C)CN1CCOCC1)N(C)CCc1ccc(OC)c(OC)c1.I. The molecule has 1 unspecified atom stereocenters. The van der Waals surface area contributed by atoms with Gasteiger partial charge in [-0.2, -0.15) is 0 Å². The molecule has 0 spiro atoms. The summed E-state index contributed by atoms with van der Waals surface area (Å²) in [4.78, 5) is 9.55. The summed E-state index contributed by atoms with van der Waals surface area (Å²) in [5.41, 5.74) is 1.21. The van der Waals surface area contributed by atoms with Gasteiger partial charge in [0.2, 0.25) is 0 Å². The van der Waals surface area contributed by atoms with Crippen LogP contribution in [0.25, 0.3) is 0 Å². The zero-order valence-electron chi connectivity index (χ0n) is 19.1. The molecule has 0 aliphatic carbocycles. The highest BCUT2D eigenvalue weighted by Gasteiger charge is 2.14. The number of hydrogen-bond acceptors (Lipinski definition) is 5. The lowest BCUT2D eigenvalue weighted by Gasteiger charge is -2.29. The predicted octanol–water partition coefficient (Wildman–Crippen LogP) is 2.73. The minimum atomic E-state index is 0. The maximum atomic E-state index is 5.43. The van der Waals surface area contributed by atoms with Gasteiger partial charge in [-0.15, -0.1) is 24.0 Å². The number of guanidine groups is 1. The zero-order valence-corrected chi connectivity index (χ0v) is 21.5. The topological polar surface area (TPSA) is 58.6 Å². The summed E-state index contributed by atoms with van der Waals surface area (Å²) < 4.78 is 16.2. The van der Waals surface area contributed by atoms with E-state index in [1.807, 2.05) is 12.1 Å². The van der Waals surface area contributed by atoms with Gasteiger partial charge in [0.15, 0.2) is 17.5 Å². The van der Waals surface area contributed by atoms with Crippen molar-refractivity contribution in [1.82, 2.24) is 15.1 Å². The molecule has 1 aromatic carbocycles. The van der Waals surface area contributed by atoms with Gasteiger partial charge in [0, 0.05) is 46.3 Å². The Morgan fingerprint density at radius 2 is 1.93 bits per heavy atom. The molecule has 0 saturated carbocycles. The molecule has 1 heterocycles. The third-order valence-electron chi connectivity index (χ3n) is 5.11. The van der Waals surface area contributed by atoms with Crippen LogP contribution in [0.4, 0.5) is 0 Å². The minimum absolute atomic E-state index is 0. The Labute approximate surface area is 199 Å². The van der Waals surface area contributed by atoms with E-state index in [0.29, 0.717) is 5.92 Å². The summed E-state index contributed by atoms with van der Waals surface area (Å²) in [7, 11) is 5.42. The van der Waals surface area contributed by atoms with Crippen LogP contribution in [-0.2, 0) is 11.2 Å². The number of nitrogens with one attached hydrogen (secondary N) is 1. The molecule has 8 heteroatoms. The molecule has 1 aliphatic rings. The molecule has 1 atom stereocenters. The lowest BCUT2D eigenvalue weighted by atomic mass is 10.1. The molecule has 1 aliphatic heterocycles. The smallest absolute Gasteiger partial charge is 0.193 e. The van der Waals surface area contributed by atoms with Crippen molar-refractivity contribution < 1.29 is 14.2 Å². The van der Waals surface area contributed by atoms with Crippen LogP contribution in [0.1, 0.15) is 19.4 Å². The maximum absolute atomic E-state index is 5.43. The molecule has 1 aromatic rings. The highest BCUT2D eigenvalue weighted by atomic mass is 127. The fourth-order valence-corrected chi connectivity index (χ4v) is 3.43. The van der Waals surface area contributed by atoms with Crippen LogP contribution < -0.4 is 14.8 Å². The van der Waals surface area contributed by atoms with E-state index in [-0.39, 0.29) is 24.0 Å². The highest BCUT2D eigenvalue weighted by molar-refractivity contribution is 14.0. The van der Waals surface area contributed by atoms with Crippen molar-refractivity contribution in [2.75, 3.05) is 73.7 Å². The first-order chi connectivity index (χ1) is 14.1. The second-order valence-electron chi connectivity index (χ2n) is 7.57. The van der Waals surface area contributed by atoms with E-state index in [0.717, 1.165) is 76.4 Å². The fraction of sp³-hybridized carbons (Fsp3) is 0.682. The number of halogens is 1. The molecule has 7 nitrogen and oxygen atoms in total. The van der Waals surface area contributed by atoms with Gasteiger partial charge in [-0.25, -0.2) is 0 Å².